The standard InChI is InChI=1S/C9H9NO2/c1-10-9-6-11-7-4-2-3-5-8(7)12-9/h2-6,10H,1H3. The van der Waals surface area contributed by atoms with Crippen molar-refractivity contribution in [3.05, 3.63) is 36.4 Å². The summed E-state index contributed by atoms with van der Waals surface area (Å²) in [5.74, 6) is 2.11. The van der Waals surface area contributed by atoms with Crippen molar-refractivity contribution >= 4 is 0 Å². The lowest BCUT2D eigenvalue weighted by molar-refractivity contribution is 0.305. The molecule has 0 aromatic heterocycles. The molecule has 0 amide bonds. The molecule has 1 N–H and O–H groups in total. The van der Waals surface area contributed by atoms with E-state index in [-0.39, 0.29) is 0 Å². The molecule has 12 heavy (non-hydrogen) atoms. The van der Waals surface area contributed by atoms with Crippen molar-refractivity contribution in [2.75, 3.05) is 7.05 Å². The third-order valence-electron chi connectivity index (χ3n) is 1.61. The topological polar surface area (TPSA) is 30.5 Å². The highest BCUT2D eigenvalue weighted by molar-refractivity contribution is 5.42. The lowest BCUT2D eigenvalue weighted by atomic mass is 10.3. The predicted octanol–water partition coefficient (Wildman–Crippen LogP) is 1.48. The van der Waals surface area contributed by atoms with Crippen LogP contribution in [0.1, 0.15) is 0 Å². The fourth-order valence-electron chi connectivity index (χ4n) is 1.00. The van der Waals surface area contributed by atoms with Gasteiger partial charge in [-0.15, -0.1) is 0 Å². The van der Waals surface area contributed by atoms with Crippen LogP contribution in [-0.2, 0) is 0 Å². The first-order valence-electron chi connectivity index (χ1n) is 3.71. The zero-order valence-corrected chi connectivity index (χ0v) is 6.70. The van der Waals surface area contributed by atoms with Crippen LogP contribution in [0, 0.1) is 0 Å². The molecule has 0 aliphatic carbocycles. The first-order valence-corrected chi connectivity index (χ1v) is 3.71. The first-order chi connectivity index (χ1) is 5.90. The maximum Gasteiger partial charge on any atom is 0.228 e. The van der Waals surface area contributed by atoms with E-state index in [2.05, 4.69) is 5.32 Å². The first kappa shape index (κ1) is 7.03. The van der Waals surface area contributed by atoms with Crippen molar-refractivity contribution in [2.45, 2.75) is 0 Å². The summed E-state index contributed by atoms with van der Waals surface area (Å²) in [6.07, 6.45) is 1.54. The fourth-order valence-corrected chi connectivity index (χ4v) is 1.00. The Morgan fingerprint density at radius 2 is 1.92 bits per heavy atom. The number of hydrogen-bond acceptors (Lipinski definition) is 3. The Bertz CT molecular complexity index is 320. The minimum atomic E-state index is 0.619. The molecule has 62 valence electrons. The molecule has 2 rings (SSSR count). The minimum Gasteiger partial charge on any atom is -0.456 e. The Hall–Kier alpha value is -1.64. The Labute approximate surface area is 70.6 Å². The number of hydrogen-bond donors (Lipinski definition) is 1. The van der Waals surface area contributed by atoms with Gasteiger partial charge in [0.25, 0.3) is 0 Å². The van der Waals surface area contributed by atoms with E-state index < -0.39 is 0 Å². The molecule has 1 aliphatic heterocycles. The summed E-state index contributed by atoms with van der Waals surface area (Å²) in [4.78, 5) is 0. The second-order valence-electron chi connectivity index (χ2n) is 2.40. The molecule has 1 aromatic rings. The normalized spacial score (nSPS) is 13.6. The number of ether oxygens (including phenoxy) is 2. The van der Waals surface area contributed by atoms with Crippen LogP contribution in [0.4, 0.5) is 0 Å². The quantitative estimate of drug-likeness (QED) is 0.680. The van der Waals surface area contributed by atoms with Crippen LogP contribution in [0.15, 0.2) is 36.4 Å². The van der Waals surface area contributed by atoms with E-state index in [1.54, 1.807) is 13.3 Å². The summed E-state index contributed by atoms with van der Waals surface area (Å²) in [5.41, 5.74) is 0. The molecule has 0 saturated heterocycles. The second kappa shape index (κ2) is 2.77. The average molecular weight is 163 g/mol. The maximum atomic E-state index is 5.41. The third-order valence-corrected chi connectivity index (χ3v) is 1.61. The third kappa shape index (κ3) is 1.09. The van der Waals surface area contributed by atoms with Crippen LogP contribution < -0.4 is 14.8 Å². The van der Waals surface area contributed by atoms with Gasteiger partial charge in [-0.1, -0.05) is 12.1 Å². The van der Waals surface area contributed by atoms with Gasteiger partial charge in [-0.25, -0.2) is 0 Å². The van der Waals surface area contributed by atoms with Gasteiger partial charge in [0.15, 0.2) is 17.8 Å². The molecular weight excluding hydrogens is 154 g/mol. The molecule has 1 heterocycles. The summed E-state index contributed by atoms with van der Waals surface area (Å²) < 4.78 is 10.7. The van der Waals surface area contributed by atoms with E-state index >= 15 is 0 Å². The molecule has 3 nitrogen and oxygen atoms in total. The number of para-hydroxylation sites is 2. The Morgan fingerprint density at radius 1 is 1.17 bits per heavy atom. The van der Waals surface area contributed by atoms with Crippen LogP contribution >= 0.6 is 0 Å². The van der Waals surface area contributed by atoms with Gasteiger partial charge in [0.05, 0.1) is 0 Å². The molecule has 3 heteroatoms. The SMILES string of the molecule is CNC1=COc2ccccc2O1. The van der Waals surface area contributed by atoms with Crippen LogP contribution in [0.25, 0.3) is 0 Å². The van der Waals surface area contributed by atoms with E-state index in [0.717, 1.165) is 11.5 Å². The van der Waals surface area contributed by atoms with Crippen molar-refractivity contribution < 1.29 is 9.47 Å². The molecule has 1 aromatic carbocycles. The summed E-state index contributed by atoms with van der Waals surface area (Å²) >= 11 is 0. The highest BCUT2D eigenvalue weighted by Crippen LogP contribution is 2.30. The van der Waals surface area contributed by atoms with Gasteiger partial charge in [-0.3, -0.25) is 0 Å². The average Bonchev–Trinajstić information content (AvgIpc) is 2.17. The zero-order valence-electron chi connectivity index (χ0n) is 6.70. The highest BCUT2D eigenvalue weighted by Gasteiger charge is 2.10. The van der Waals surface area contributed by atoms with Gasteiger partial charge in [0.1, 0.15) is 0 Å². The van der Waals surface area contributed by atoms with Gasteiger partial charge in [0.2, 0.25) is 5.88 Å². The van der Waals surface area contributed by atoms with Gasteiger partial charge >= 0.3 is 0 Å². The van der Waals surface area contributed by atoms with Crippen molar-refractivity contribution in [1.29, 1.82) is 0 Å². The van der Waals surface area contributed by atoms with Gasteiger partial charge < -0.3 is 14.8 Å². The van der Waals surface area contributed by atoms with E-state index in [1.807, 2.05) is 24.3 Å². The lowest BCUT2D eigenvalue weighted by Gasteiger charge is -2.16. The van der Waals surface area contributed by atoms with Gasteiger partial charge in [-0.2, -0.15) is 0 Å². The van der Waals surface area contributed by atoms with Crippen LogP contribution in [-0.4, -0.2) is 7.05 Å². The smallest absolute Gasteiger partial charge is 0.228 e. The molecule has 0 unspecified atom stereocenters. The number of rotatable bonds is 1. The van der Waals surface area contributed by atoms with E-state index in [1.165, 1.54) is 0 Å². The highest BCUT2D eigenvalue weighted by atomic mass is 16.6. The Kier molecular flexibility index (Phi) is 1.63. The number of nitrogens with one attached hydrogen (secondary N) is 1. The van der Waals surface area contributed by atoms with E-state index in [9.17, 15) is 0 Å². The van der Waals surface area contributed by atoms with Crippen molar-refractivity contribution in [3.63, 3.8) is 0 Å². The number of fused-ring (bicyclic) bond motifs is 1. The molecule has 0 spiro atoms. The van der Waals surface area contributed by atoms with Crippen LogP contribution in [0.3, 0.4) is 0 Å². The van der Waals surface area contributed by atoms with E-state index in [0.29, 0.717) is 5.88 Å². The summed E-state index contributed by atoms with van der Waals surface area (Å²) in [6.45, 7) is 0. The molecule has 0 bridgehead atoms. The van der Waals surface area contributed by atoms with Gasteiger partial charge in [0, 0.05) is 7.05 Å². The molecule has 0 saturated carbocycles. The van der Waals surface area contributed by atoms with Gasteiger partial charge in [-0.05, 0) is 12.1 Å². The lowest BCUT2D eigenvalue weighted by Crippen LogP contribution is -2.16. The Morgan fingerprint density at radius 3 is 2.67 bits per heavy atom. The molecule has 0 fully saturated rings. The van der Waals surface area contributed by atoms with E-state index in [4.69, 9.17) is 9.47 Å². The fraction of sp³-hybridized carbons (Fsp3) is 0.111. The van der Waals surface area contributed by atoms with Crippen molar-refractivity contribution in [1.82, 2.24) is 5.32 Å². The summed E-state index contributed by atoms with van der Waals surface area (Å²) in [6, 6.07) is 7.53. The maximum absolute atomic E-state index is 5.41. The van der Waals surface area contributed by atoms with Crippen molar-refractivity contribution in [2.24, 2.45) is 0 Å². The monoisotopic (exact) mass is 163 g/mol. The number of benzene rings is 1. The molecule has 1 aliphatic rings. The van der Waals surface area contributed by atoms with Crippen molar-refractivity contribution in [3.8, 4) is 11.5 Å². The minimum absolute atomic E-state index is 0.619. The molecular formula is C9H9NO2. The largest absolute Gasteiger partial charge is 0.456 e. The van der Waals surface area contributed by atoms with Crippen LogP contribution in [0.5, 0.6) is 11.5 Å². The predicted molar refractivity (Wildman–Crippen MR) is 44.8 cm³/mol. The summed E-state index contributed by atoms with van der Waals surface area (Å²) in [7, 11) is 1.78. The Balaban J connectivity index is 2.31. The molecule has 0 radical (unpaired) electrons. The zero-order chi connectivity index (χ0) is 8.39. The second-order valence-corrected chi connectivity index (χ2v) is 2.40. The van der Waals surface area contributed by atoms with Crippen LogP contribution in [0.2, 0.25) is 0 Å². The molecule has 0 atom stereocenters. The summed E-state index contributed by atoms with van der Waals surface area (Å²) in [5, 5.41) is 2.86.